The van der Waals surface area contributed by atoms with Gasteiger partial charge in [-0.3, -0.25) is 4.79 Å². The molecule has 1 aliphatic rings. The van der Waals surface area contributed by atoms with Gasteiger partial charge in [0.25, 0.3) is 5.91 Å². The Balaban J connectivity index is 1.87. The normalized spacial score (nSPS) is 13.2. The monoisotopic (exact) mass is 391 g/mol. The summed E-state index contributed by atoms with van der Waals surface area (Å²) in [6.07, 6.45) is 0. The highest BCUT2D eigenvalue weighted by Gasteiger charge is 2.24. The van der Waals surface area contributed by atoms with Gasteiger partial charge in [-0.25, -0.2) is 8.42 Å². The highest BCUT2D eigenvalue weighted by atomic mass is 32.2. The van der Waals surface area contributed by atoms with E-state index in [-0.39, 0.29) is 23.3 Å². The molecule has 0 aliphatic carbocycles. The molecular formula is C18H21N3O5S. The van der Waals surface area contributed by atoms with Crippen molar-refractivity contribution in [3.05, 3.63) is 42.0 Å². The zero-order chi connectivity index (χ0) is 19.8. The minimum atomic E-state index is -3.69. The Hall–Kier alpha value is -2.78. The number of anilines is 2. The summed E-state index contributed by atoms with van der Waals surface area (Å²) in [6.45, 7) is 3.64. The summed E-state index contributed by atoms with van der Waals surface area (Å²) in [5.74, 6) is 0.509. The number of fused-ring (bicyclic) bond motifs is 1. The molecule has 144 valence electrons. The van der Waals surface area contributed by atoms with Crippen LogP contribution in [0.25, 0.3) is 0 Å². The first-order chi connectivity index (χ1) is 12.7. The van der Waals surface area contributed by atoms with E-state index in [1.165, 1.54) is 35.6 Å². The molecule has 1 aliphatic heterocycles. The fourth-order valence-corrected chi connectivity index (χ4v) is 3.92. The van der Waals surface area contributed by atoms with Crippen LogP contribution in [0, 0.1) is 0 Å². The third kappa shape index (κ3) is 3.69. The van der Waals surface area contributed by atoms with Crippen molar-refractivity contribution in [3.8, 4) is 11.5 Å². The number of carbonyl (C=O) groups excluding carboxylic acids is 1. The van der Waals surface area contributed by atoms with Crippen molar-refractivity contribution < 1.29 is 22.7 Å². The molecule has 9 heteroatoms. The summed E-state index contributed by atoms with van der Waals surface area (Å²) in [4.78, 5) is 12.6. The highest BCUT2D eigenvalue weighted by Crippen LogP contribution is 2.38. The molecule has 2 aromatic carbocycles. The maximum Gasteiger partial charge on any atom is 0.255 e. The number of nitrogens with two attached hydrogens (primary N) is 1. The lowest BCUT2D eigenvalue weighted by Crippen LogP contribution is -2.33. The Labute approximate surface area is 157 Å². The van der Waals surface area contributed by atoms with Crippen molar-refractivity contribution in [1.29, 1.82) is 0 Å². The van der Waals surface area contributed by atoms with E-state index in [9.17, 15) is 13.2 Å². The number of carbonyl (C=O) groups is 1. The molecule has 0 bridgehead atoms. The molecule has 27 heavy (non-hydrogen) atoms. The summed E-state index contributed by atoms with van der Waals surface area (Å²) in [7, 11) is -2.19. The van der Waals surface area contributed by atoms with Crippen LogP contribution in [-0.4, -0.2) is 38.5 Å². The third-order valence-corrected chi connectivity index (χ3v) is 6.32. The van der Waals surface area contributed by atoms with Crippen LogP contribution < -0.4 is 20.5 Å². The number of rotatable bonds is 5. The van der Waals surface area contributed by atoms with Crippen molar-refractivity contribution in [2.24, 2.45) is 0 Å². The van der Waals surface area contributed by atoms with Crippen LogP contribution in [0.1, 0.15) is 24.2 Å². The average molecular weight is 391 g/mol. The summed E-state index contributed by atoms with van der Waals surface area (Å²) in [6, 6.07) is 8.79. The molecule has 1 heterocycles. The smallest absolute Gasteiger partial charge is 0.255 e. The molecule has 0 saturated carbocycles. The number of hydrogen-bond donors (Lipinski definition) is 2. The van der Waals surface area contributed by atoms with Crippen molar-refractivity contribution >= 4 is 27.3 Å². The zero-order valence-electron chi connectivity index (χ0n) is 15.2. The minimum absolute atomic E-state index is 0.0463. The molecule has 3 rings (SSSR count). The van der Waals surface area contributed by atoms with E-state index in [2.05, 4.69) is 5.32 Å². The lowest BCUT2D eigenvalue weighted by Gasteiger charge is -2.21. The summed E-state index contributed by atoms with van der Waals surface area (Å²) >= 11 is 0. The lowest BCUT2D eigenvalue weighted by molar-refractivity contribution is 0.102. The van der Waals surface area contributed by atoms with Crippen LogP contribution in [0.4, 0.5) is 11.4 Å². The van der Waals surface area contributed by atoms with Crippen molar-refractivity contribution in [2.45, 2.75) is 24.8 Å². The van der Waals surface area contributed by atoms with E-state index in [1.54, 1.807) is 26.0 Å². The SMILES string of the molecule is CC(C)N(C)S(=O)(=O)c1cccc(C(=O)Nc2cc3c(cc2N)OCO3)c1. The topological polar surface area (TPSA) is 111 Å². The van der Waals surface area contributed by atoms with E-state index in [0.717, 1.165) is 0 Å². The summed E-state index contributed by atoms with van der Waals surface area (Å²) < 4.78 is 37.0. The number of sulfonamides is 1. The second-order valence-corrected chi connectivity index (χ2v) is 8.39. The molecule has 8 nitrogen and oxygen atoms in total. The van der Waals surface area contributed by atoms with Gasteiger partial charge in [0.05, 0.1) is 16.3 Å². The molecule has 3 N–H and O–H groups in total. The van der Waals surface area contributed by atoms with Crippen LogP contribution in [0.5, 0.6) is 11.5 Å². The van der Waals surface area contributed by atoms with E-state index in [4.69, 9.17) is 15.2 Å². The summed E-state index contributed by atoms with van der Waals surface area (Å²) in [5, 5.41) is 2.68. The Morgan fingerprint density at radius 1 is 1.19 bits per heavy atom. The molecule has 0 atom stereocenters. The largest absolute Gasteiger partial charge is 0.454 e. The van der Waals surface area contributed by atoms with Gasteiger partial charge in [-0.2, -0.15) is 4.31 Å². The standard InChI is InChI=1S/C18H21N3O5S/c1-11(2)21(3)27(23,24)13-6-4-5-12(7-13)18(22)20-15-9-17-16(8-14(15)19)25-10-26-17/h4-9,11H,10,19H2,1-3H3,(H,20,22). The van der Waals surface area contributed by atoms with Gasteiger partial charge in [0.2, 0.25) is 16.8 Å². The Morgan fingerprint density at radius 3 is 2.52 bits per heavy atom. The molecule has 0 spiro atoms. The quantitative estimate of drug-likeness (QED) is 0.757. The Kier molecular flexibility index (Phi) is 4.99. The minimum Gasteiger partial charge on any atom is -0.454 e. The highest BCUT2D eigenvalue weighted by molar-refractivity contribution is 7.89. The first-order valence-electron chi connectivity index (χ1n) is 8.28. The van der Waals surface area contributed by atoms with E-state index < -0.39 is 15.9 Å². The van der Waals surface area contributed by atoms with Gasteiger partial charge in [-0.05, 0) is 32.0 Å². The van der Waals surface area contributed by atoms with Gasteiger partial charge >= 0.3 is 0 Å². The predicted octanol–water partition coefficient (Wildman–Crippen LogP) is 2.28. The second kappa shape index (κ2) is 7.09. The number of nitrogen functional groups attached to an aromatic ring is 1. The van der Waals surface area contributed by atoms with Gasteiger partial charge in [-0.15, -0.1) is 0 Å². The van der Waals surface area contributed by atoms with Crippen LogP contribution in [0.2, 0.25) is 0 Å². The van der Waals surface area contributed by atoms with Crippen LogP contribution in [0.15, 0.2) is 41.3 Å². The number of amides is 1. The number of ether oxygens (including phenoxy) is 2. The van der Waals surface area contributed by atoms with Crippen molar-refractivity contribution in [1.82, 2.24) is 4.31 Å². The summed E-state index contributed by atoms with van der Waals surface area (Å²) in [5.41, 5.74) is 6.81. The van der Waals surface area contributed by atoms with Gasteiger partial charge in [0.15, 0.2) is 11.5 Å². The Morgan fingerprint density at radius 2 is 1.85 bits per heavy atom. The van der Waals surface area contributed by atoms with E-state index in [0.29, 0.717) is 22.9 Å². The molecule has 2 aromatic rings. The fraction of sp³-hybridized carbons (Fsp3) is 0.278. The molecule has 0 unspecified atom stereocenters. The molecule has 0 fully saturated rings. The first-order valence-corrected chi connectivity index (χ1v) is 9.72. The van der Waals surface area contributed by atoms with Crippen molar-refractivity contribution in [3.63, 3.8) is 0 Å². The lowest BCUT2D eigenvalue weighted by atomic mass is 10.2. The van der Waals surface area contributed by atoms with E-state index in [1.807, 2.05) is 0 Å². The number of hydrogen-bond acceptors (Lipinski definition) is 6. The van der Waals surface area contributed by atoms with Gasteiger partial charge in [-0.1, -0.05) is 6.07 Å². The zero-order valence-corrected chi connectivity index (χ0v) is 16.0. The molecule has 0 aromatic heterocycles. The van der Waals surface area contributed by atoms with Crippen LogP contribution in [0.3, 0.4) is 0 Å². The third-order valence-electron chi connectivity index (χ3n) is 4.29. The van der Waals surface area contributed by atoms with Crippen LogP contribution in [-0.2, 0) is 10.0 Å². The molecule has 0 saturated heterocycles. The maximum atomic E-state index is 12.6. The number of benzene rings is 2. The van der Waals surface area contributed by atoms with E-state index >= 15 is 0 Å². The first kappa shape index (κ1) is 19.0. The number of nitrogens with one attached hydrogen (secondary N) is 1. The number of nitrogens with zero attached hydrogens (tertiary/aromatic N) is 1. The second-order valence-electron chi connectivity index (χ2n) is 6.39. The van der Waals surface area contributed by atoms with Crippen LogP contribution >= 0.6 is 0 Å². The van der Waals surface area contributed by atoms with Gasteiger partial charge in [0, 0.05) is 30.8 Å². The molecular weight excluding hydrogens is 370 g/mol. The average Bonchev–Trinajstić information content (AvgIpc) is 3.08. The maximum absolute atomic E-state index is 12.6. The Bertz CT molecular complexity index is 988. The van der Waals surface area contributed by atoms with Crippen molar-refractivity contribution in [2.75, 3.05) is 24.9 Å². The molecule has 0 radical (unpaired) electrons. The molecule has 1 amide bonds. The fourth-order valence-electron chi connectivity index (χ4n) is 2.50. The van der Waals surface area contributed by atoms with Gasteiger partial charge < -0.3 is 20.5 Å². The van der Waals surface area contributed by atoms with Gasteiger partial charge in [0.1, 0.15) is 0 Å². The predicted molar refractivity (Wildman–Crippen MR) is 101 cm³/mol.